The fraction of sp³-hybridized carbons (Fsp3) is 0.409. The Kier molecular flexibility index (Phi) is 8.27. The number of pyridine rings is 1. The molecule has 1 amide bonds. The molecule has 1 fully saturated rings. The maximum Gasteiger partial charge on any atom is 0.356 e. The van der Waals surface area contributed by atoms with Crippen LogP contribution in [0.25, 0.3) is 0 Å². The molecule has 3 rings (SSSR count). The number of esters is 1. The Morgan fingerprint density at radius 1 is 1.19 bits per heavy atom. The van der Waals surface area contributed by atoms with Crippen LogP contribution in [0.2, 0.25) is 10.0 Å². The number of benzene rings is 1. The summed E-state index contributed by atoms with van der Waals surface area (Å²) in [5.41, 5.74) is 1.32. The van der Waals surface area contributed by atoms with Crippen LogP contribution in [-0.4, -0.2) is 63.8 Å². The van der Waals surface area contributed by atoms with Gasteiger partial charge in [-0.15, -0.1) is 0 Å². The molecule has 0 radical (unpaired) electrons. The van der Waals surface area contributed by atoms with E-state index in [4.69, 9.17) is 27.9 Å². The summed E-state index contributed by atoms with van der Waals surface area (Å²) in [6, 6.07) is 6.47. The minimum atomic E-state index is -1.65. The zero-order chi connectivity index (χ0) is 23.4. The van der Waals surface area contributed by atoms with Crippen molar-refractivity contribution in [1.29, 1.82) is 0 Å². The topological polar surface area (TPSA) is 85.8 Å². The smallest absolute Gasteiger partial charge is 0.356 e. The van der Waals surface area contributed by atoms with Crippen LogP contribution in [0.15, 0.2) is 41.6 Å². The molecule has 0 N–H and O–H groups in total. The first kappa shape index (κ1) is 24.6. The number of ether oxygens (including phenoxy) is 1. The molecule has 0 spiro atoms. The van der Waals surface area contributed by atoms with Crippen molar-refractivity contribution in [2.75, 3.05) is 30.3 Å². The van der Waals surface area contributed by atoms with Crippen LogP contribution in [0, 0.1) is 0 Å². The SMILES string of the molecule is CCOC(=O)C[S+]([O-])c1ccc(C(=O)N2CCN(c3cncc(Cl)c3)C(C)C2C)cc1Cl. The number of carbonyl (C=O) groups is 2. The standard InChI is InChI=1S/C22H25Cl2N3O4S/c1-4-31-21(28)13-32(30)20-6-5-16(9-19(20)24)22(29)27-8-7-26(14(2)15(27)3)18-10-17(23)11-25-12-18/h5-6,9-12,14-15H,4,7-8,13H2,1-3H3. The summed E-state index contributed by atoms with van der Waals surface area (Å²) in [6.07, 6.45) is 3.35. The number of hydrogen-bond acceptors (Lipinski definition) is 6. The van der Waals surface area contributed by atoms with Crippen molar-refractivity contribution in [2.45, 2.75) is 37.8 Å². The lowest BCUT2D eigenvalue weighted by Crippen LogP contribution is -2.59. The van der Waals surface area contributed by atoms with Crippen molar-refractivity contribution < 1.29 is 18.9 Å². The molecule has 2 aromatic rings. The molecule has 172 valence electrons. The Morgan fingerprint density at radius 2 is 1.94 bits per heavy atom. The van der Waals surface area contributed by atoms with Crippen LogP contribution in [0.1, 0.15) is 31.1 Å². The van der Waals surface area contributed by atoms with E-state index in [9.17, 15) is 14.1 Å². The molecule has 0 bridgehead atoms. The Morgan fingerprint density at radius 3 is 2.59 bits per heavy atom. The zero-order valence-electron chi connectivity index (χ0n) is 18.1. The van der Waals surface area contributed by atoms with E-state index in [0.717, 1.165) is 5.69 Å². The summed E-state index contributed by atoms with van der Waals surface area (Å²) in [5, 5.41) is 0.749. The molecule has 3 atom stereocenters. The third-order valence-electron chi connectivity index (χ3n) is 5.52. The number of piperazine rings is 1. The Labute approximate surface area is 200 Å². The van der Waals surface area contributed by atoms with Crippen LogP contribution in [0.4, 0.5) is 5.69 Å². The van der Waals surface area contributed by atoms with E-state index in [2.05, 4.69) is 16.8 Å². The fourth-order valence-electron chi connectivity index (χ4n) is 3.72. The van der Waals surface area contributed by atoms with E-state index in [-0.39, 0.29) is 35.4 Å². The first-order chi connectivity index (χ1) is 15.2. The molecule has 3 unspecified atom stereocenters. The lowest BCUT2D eigenvalue weighted by atomic mass is 10.0. The van der Waals surface area contributed by atoms with Gasteiger partial charge in [-0.2, -0.15) is 0 Å². The molecule has 1 aliphatic rings. The van der Waals surface area contributed by atoms with Gasteiger partial charge in [0.25, 0.3) is 5.91 Å². The largest absolute Gasteiger partial charge is 0.611 e. The van der Waals surface area contributed by atoms with E-state index in [1.165, 1.54) is 12.1 Å². The third-order valence-corrected chi connectivity index (χ3v) is 7.50. The van der Waals surface area contributed by atoms with Gasteiger partial charge in [-0.3, -0.25) is 9.78 Å². The van der Waals surface area contributed by atoms with E-state index in [1.54, 1.807) is 30.3 Å². The van der Waals surface area contributed by atoms with Crippen molar-refractivity contribution in [2.24, 2.45) is 0 Å². The number of aromatic nitrogens is 1. The van der Waals surface area contributed by atoms with Crippen LogP contribution in [-0.2, 0) is 20.7 Å². The number of halogens is 2. The minimum absolute atomic E-state index is 0.0415. The molecular formula is C22H25Cl2N3O4S. The highest BCUT2D eigenvalue weighted by Gasteiger charge is 2.34. The molecule has 7 nitrogen and oxygen atoms in total. The second-order valence-electron chi connectivity index (χ2n) is 7.47. The highest BCUT2D eigenvalue weighted by Crippen LogP contribution is 2.29. The monoisotopic (exact) mass is 497 g/mol. The van der Waals surface area contributed by atoms with Gasteiger partial charge in [0.05, 0.1) is 28.5 Å². The minimum Gasteiger partial charge on any atom is -0.611 e. The Bertz CT molecular complexity index is 993. The number of rotatable bonds is 6. The number of carbonyl (C=O) groups excluding carboxylic acids is 2. The van der Waals surface area contributed by atoms with Crippen molar-refractivity contribution >= 4 is 51.9 Å². The number of nitrogens with zero attached hydrogens (tertiary/aromatic N) is 3. The van der Waals surface area contributed by atoms with Crippen molar-refractivity contribution in [3.05, 3.63) is 52.3 Å². The van der Waals surface area contributed by atoms with Crippen molar-refractivity contribution in [3.8, 4) is 0 Å². The summed E-state index contributed by atoms with van der Waals surface area (Å²) in [6.45, 7) is 7.10. The normalized spacial score (nSPS) is 19.6. The Hall–Kier alpha value is -2.00. The Balaban J connectivity index is 1.72. The maximum atomic E-state index is 13.2. The molecule has 0 saturated carbocycles. The molecule has 32 heavy (non-hydrogen) atoms. The van der Waals surface area contributed by atoms with Gasteiger partial charge in [0.1, 0.15) is 0 Å². The van der Waals surface area contributed by atoms with Crippen molar-refractivity contribution in [3.63, 3.8) is 0 Å². The molecular weight excluding hydrogens is 473 g/mol. The first-order valence-corrected chi connectivity index (χ1v) is 12.3. The number of anilines is 1. The summed E-state index contributed by atoms with van der Waals surface area (Å²) in [5.74, 6) is -0.995. The van der Waals surface area contributed by atoms with Crippen LogP contribution < -0.4 is 4.90 Å². The predicted molar refractivity (Wildman–Crippen MR) is 126 cm³/mol. The second kappa shape index (κ2) is 10.7. The van der Waals surface area contributed by atoms with Crippen LogP contribution in [0.5, 0.6) is 0 Å². The number of hydrogen-bond donors (Lipinski definition) is 0. The van der Waals surface area contributed by atoms with Gasteiger partial charge in [0.2, 0.25) is 5.75 Å². The van der Waals surface area contributed by atoms with Gasteiger partial charge in [-0.1, -0.05) is 23.2 Å². The second-order valence-corrected chi connectivity index (χ2v) is 9.74. The lowest BCUT2D eigenvalue weighted by Gasteiger charge is -2.46. The predicted octanol–water partition coefficient (Wildman–Crippen LogP) is 3.80. The summed E-state index contributed by atoms with van der Waals surface area (Å²) in [7, 11) is 0. The average molecular weight is 498 g/mol. The van der Waals surface area contributed by atoms with Gasteiger partial charge in [0.15, 0.2) is 4.90 Å². The fourth-order valence-corrected chi connectivity index (χ4v) is 5.28. The van der Waals surface area contributed by atoms with Crippen LogP contribution in [0.3, 0.4) is 0 Å². The molecule has 2 heterocycles. The van der Waals surface area contributed by atoms with E-state index >= 15 is 0 Å². The van der Waals surface area contributed by atoms with E-state index in [1.807, 2.05) is 13.0 Å². The molecule has 1 aromatic carbocycles. The quantitative estimate of drug-likeness (QED) is 0.445. The van der Waals surface area contributed by atoms with Gasteiger partial charge < -0.3 is 19.1 Å². The van der Waals surface area contributed by atoms with Gasteiger partial charge in [-0.05, 0) is 56.2 Å². The van der Waals surface area contributed by atoms with Gasteiger partial charge >= 0.3 is 5.97 Å². The summed E-state index contributed by atoms with van der Waals surface area (Å²) >= 11 is 10.7. The molecule has 0 aliphatic carbocycles. The molecule has 1 aromatic heterocycles. The van der Waals surface area contributed by atoms with Gasteiger partial charge in [0, 0.05) is 36.9 Å². The average Bonchev–Trinajstić information content (AvgIpc) is 2.75. The summed E-state index contributed by atoms with van der Waals surface area (Å²) < 4.78 is 17.3. The molecule has 1 saturated heterocycles. The van der Waals surface area contributed by atoms with Gasteiger partial charge in [-0.25, -0.2) is 4.79 Å². The maximum absolute atomic E-state index is 13.2. The molecule has 10 heteroatoms. The van der Waals surface area contributed by atoms with Crippen LogP contribution >= 0.6 is 23.2 Å². The van der Waals surface area contributed by atoms with E-state index in [0.29, 0.717) is 28.6 Å². The zero-order valence-corrected chi connectivity index (χ0v) is 20.4. The van der Waals surface area contributed by atoms with Crippen molar-refractivity contribution in [1.82, 2.24) is 9.88 Å². The highest BCUT2D eigenvalue weighted by molar-refractivity contribution is 7.92. The third kappa shape index (κ3) is 5.49. The highest BCUT2D eigenvalue weighted by atomic mass is 35.5. The number of amides is 1. The van der Waals surface area contributed by atoms with E-state index < -0.39 is 17.1 Å². The molecule has 1 aliphatic heterocycles. The summed E-state index contributed by atoms with van der Waals surface area (Å²) in [4.78, 5) is 33.3. The lowest BCUT2D eigenvalue weighted by molar-refractivity contribution is -0.139. The first-order valence-electron chi connectivity index (χ1n) is 10.2.